The maximum absolute atomic E-state index is 11.8. The van der Waals surface area contributed by atoms with Gasteiger partial charge in [-0.2, -0.15) is 0 Å². The molecule has 0 aromatic heterocycles. The molecule has 0 spiro atoms. The fraction of sp³-hybridized carbons (Fsp3) is 0.385. The second-order valence-corrected chi connectivity index (χ2v) is 3.92. The first-order valence-corrected chi connectivity index (χ1v) is 5.98. The van der Waals surface area contributed by atoms with Crippen LogP contribution in [0.4, 0.5) is 0 Å². The van der Waals surface area contributed by atoms with Gasteiger partial charge in [-0.05, 0) is 12.5 Å². The number of hydrogen-bond donors (Lipinski definition) is 3. The molecule has 1 aromatic carbocycles. The number of amides is 1. The number of primary amides is 1. The van der Waals surface area contributed by atoms with Crippen molar-refractivity contribution in [3.05, 3.63) is 35.9 Å². The van der Waals surface area contributed by atoms with E-state index in [2.05, 4.69) is 5.32 Å². The standard InChI is InChI=1S/C13H18N2O4/c1-2-19-13(18)11(9-6-4-3-5-7-9)15-8-10(16)12(14)17/h3-7,10-11,15-16H,2,8H2,1H3,(H2,14,17). The Bertz CT molecular complexity index is 422. The van der Waals surface area contributed by atoms with Crippen LogP contribution in [0.15, 0.2) is 30.3 Å². The number of aliphatic hydroxyl groups excluding tert-OH is 1. The number of aliphatic hydroxyl groups is 1. The van der Waals surface area contributed by atoms with E-state index < -0.39 is 24.0 Å². The average Bonchev–Trinajstić information content (AvgIpc) is 2.40. The second-order valence-electron chi connectivity index (χ2n) is 3.92. The Morgan fingerprint density at radius 1 is 1.37 bits per heavy atom. The summed E-state index contributed by atoms with van der Waals surface area (Å²) in [6.07, 6.45) is -1.35. The largest absolute Gasteiger partial charge is 0.465 e. The molecule has 19 heavy (non-hydrogen) atoms. The molecule has 0 aliphatic heterocycles. The topological polar surface area (TPSA) is 102 Å². The van der Waals surface area contributed by atoms with Crippen LogP contribution in [0.1, 0.15) is 18.5 Å². The normalized spacial score (nSPS) is 13.6. The molecule has 2 atom stereocenters. The number of ether oxygens (including phenoxy) is 1. The molecule has 6 nitrogen and oxygen atoms in total. The second kappa shape index (κ2) is 7.50. The van der Waals surface area contributed by atoms with Crippen LogP contribution in [-0.2, 0) is 14.3 Å². The number of carbonyl (C=O) groups excluding carboxylic acids is 2. The molecule has 0 aliphatic carbocycles. The van der Waals surface area contributed by atoms with E-state index in [0.29, 0.717) is 5.56 Å². The van der Waals surface area contributed by atoms with Crippen molar-refractivity contribution in [3.63, 3.8) is 0 Å². The van der Waals surface area contributed by atoms with Crippen LogP contribution in [0.25, 0.3) is 0 Å². The fourth-order valence-corrected chi connectivity index (χ4v) is 1.54. The zero-order chi connectivity index (χ0) is 14.3. The molecular formula is C13H18N2O4. The van der Waals surface area contributed by atoms with Crippen molar-refractivity contribution in [2.75, 3.05) is 13.2 Å². The predicted octanol–water partition coefficient (Wildman–Crippen LogP) is -0.273. The van der Waals surface area contributed by atoms with E-state index in [1.54, 1.807) is 31.2 Å². The number of esters is 1. The number of hydrogen-bond acceptors (Lipinski definition) is 5. The maximum Gasteiger partial charge on any atom is 0.327 e. The molecule has 2 unspecified atom stereocenters. The van der Waals surface area contributed by atoms with Gasteiger partial charge in [0.25, 0.3) is 0 Å². The van der Waals surface area contributed by atoms with Crippen molar-refractivity contribution in [2.24, 2.45) is 5.73 Å². The van der Waals surface area contributed by atoms with Crippen molar-refractivity contribution in [1.29, 1.82) is 0 Å². The molecule has 0 fully saturated rings. The minimum atomic E-state index is -1.35. The average molecular weight is 266 g/mol. The van der Waals surface area contributed by atoms with Gasteiger partial charge in [0.1, 0.15) is 12.1 Å². The van der Waals surface area contributed by atoms with Crippen LogP contribution in [0.2, 0.25) is 0 Å². The third kappa shape index (κ3) is 4.69. The van der Waals surface area contributed by atoms with Crippen LogP contribution >= 0.6 is 0 Å². The molecule has 4 N–H and O–H groups in total. The molecule has 6 heteroatoms. The molecule has 0 saturated heterocycles. The summed E-state index contributed by atoms with van der Waals surface area (Å²) in [7, 11) is 0. The highest BCUT2D eigenvalue weighted by Crippen LogP contribution is 2.14. The zero-order valence-corrected chi connectivity index (χ0v) is 10.7. The summed E-state index contributed by atoms with van der Waals surface area (Å²) in [6.45, 7) is 1.84. The van der Waals surface area contributed by atoms with Gasteiger partial charge in [-0.3, -0.25) is 10.1 Å². The van der Waals surface area contributed by atoms with Crippen molar-refractivity contribution >= 4 is 11.9 Å². The van der Waals surface area contributed by atoms with Gasteiger partial charge in [-0.15, -0.1) is 0 Å². The molecule has 0 heterocycles. The molecule has 0 aliphatic rings. The minimum absolute atomic E-state index is 0.117. The fourth-order valence-electron chi connectivity index (χ4n) is 1.54. The highest BCUT2D eigenvalue weighted by atomic mass is 16.5. The Hall–Kier alpha value is -1.92. The van der Waals surface area contributed by atoms with Crippen LogP contribution in [0.3, 0.4) is 0 Å². The quantitative estimate of drug-likeness (QED) is 0.589. The highest BCUT2D eigenvalue weighted by molar-refractivity contribution is 5.79. The molecule has 104 valence electrons. The van der Waals surface area contributed by atoms with Gasteiger partial charge < -0.3 is 15.6 Å². The molecule has 0 radical (unpaired) electrons. The molecule has 1 amide bonds. The van der Waals surface area contributed by atoms with Gasteiger partial charge in [0.15, 0.2) is 0 Å². The molecule has 0 saturated carbocycles. The Balaban J connectivity index is 2.76. The Morgan fingerprint density at radius 2 is 2.00 bits per heavy atom. The summed E-state index contributed by atoms with van der Waals surface area (Å²) >= 11 is 0. The molecule has 1 aromatic rings. The number of rotatable bonds is 7. The van der Waals surface area contributed by atoms with Gasteiger partial charge in [0.2, 0.25) is 5.91 Å². The van der Waals surface area contributed by atoms with Crippen LogP contribution in [0.5, 0.6) is 0 Å². The van der Waals surface area contributed by atoms with E-state index in [4.69, 9.17) is 10.5 Å². The first-order valence-electron chi connectivity index (χ1n) is 5.98. The maximum atomic E-state index is 11.8. The summed E-state index contributed by atoms with van der Waals surface area (Å²) in [5, 5.41) is 12.1. The van der Waals surface area contributed by atoms with Gasteiger partial charge in [0, 0.05) is 6.54 Å². The number of nitrogens with two attached hydrogens (primary N) is 1. The van der Waals surface area contributed by atoms with E-state index >= 15 is 0 Å². The van der Waals surface area contributed by atoms with E-state index in [1.807, 2.05) is 6.07 Å². The lowest BCUT2D eigenvalue weighted by Gasteiger charge is -2.18. The van der Waals surface area contributed by atoms with E-state index in [9.17, 15) is 14.7 Å². The molecular weight excluding hydrogens is 248 g/mol. The lowest BCUT2D eigenvalue weighted by Crippen LogP contribution is -2.41. The third-order valence-electron chi connectivity index (χ3n) is 2.50. The van der Waals surface area contributed by atoms with E-state index in [0.717, 1.165) is 0 Å². The SMILES string of the molecule is CCOC(=O)C(NCC(O)C(N)=O)c1ccccc1. The van der Waals surface area contributed by atoms with Crippen LogP contribution in [-0.4, -0.2) is 36.2 Å². The summed E-state index contributed by atoms with van der Waals surface area (Å²) in [6, 6.07) is 8.16. The highest BCUT2D eigenvalue weighted by Gasteiger charge is 2.23. The van der Waals surface area contributed by atoms with E-state index in [1.165, 1.54) is 0 Å². The summed E-state index contributed by atoms with van der Waals surface area (Å²) < 4.78 is 4.95. The Kier molecular flexibility index (Phi) is 5.98. The lowest BCUT2D eigenvalue weighted by atomic mass is 10.1. The summed E-state index contributed by atoms with van der Waals surface area (Å²) in [4.78, 5) is 22.6. The van der Waals surface area contributed by atoms with Crippen LogP contribution in [0, 0.1) is 0 Å². The Labute approximate surface area is 111 Å². The van der Waals surface area contributed by atoms with Gasteiger partial charge >= 0.3 is 5.97 Å². The number of benzene rings is 1. The Morgan fingerprint density at radius 3 is 2.53 bits per heavy atom. The predicted molar refractivity (Wildman–Crippen MR) is 69.0 cm³/mol. The van der Waals surface area contributed by atoms with Crippen LogP contribution < -0.4 is 11.1 Å². The van der Waals surface area contributed by atoms with E-state index in [-0.39, 0.29) is 13.2 Å². The van der Waals surface area contributed by atoms with Crippen molar-refractivity contribution in [3.8, 4) is 0 Å². The zero-order valence-electron chi connectivity index (χ0n) is 10.7. The number of nitrogens with one attached hydrogen (secondary N) is 1. The first kappa shape index (κ1) is 15.1. The number of carbonyl (C=O) groups is 2. The van der Waals surface area contributed by atoms with Crippen molar-refractivity contribution in [2.45, 2.75) is 19.1 Å². The first-order chi connectivity index (χ1) is 9.06. The molecule has 0 bridgehead atoms. The summed E-state index contributed by atoms with van der Waals surface area (Å²) in [5.41, 5.74) is 5.64. The lowest BCUT2D eigenvalue weighted by molar-refractivity contribution is -0.146. The van der Waals surface area contributed by atoms with Crippen molar-refractivity contribution in [1.82, 2.24) is 5.32 Å². The summed E-state index contributed by atoms with van der Waals surface area (Å²) in [5.74, 6) is -1.31. The monoisotopic (exact) mass is 266 g/mol. The van der Waals surface area contributed by atoms with Gasteiger partial charge in [0.05, 0.1) is 6.61 Å². The van der Waals surface area contributed by atoms with Gasteiger partial charge in [-0.1, -0.05) is 30.3 Å². The third-order valence-corrected chi connectivity index (χ3v) is 2.50. The minimum Gasteiger partial charge on any atom is -0.465 e. The molecule has 1 rings (SSSR count). The van der Waals surface area contributed by atoms with Crippen molar-refractivity contribution < 1.29 is 19.4 Å². The van der Waals surface area contributed by atoms with Gasteiger partial charge in [-0.25, -0.2) is 4.79 Å². The smallest absolute Gasteiger partial charge is 0.327 e.